The Morgan fingerprint density at radius 3 is 2.94 bits per heavy atom. The number of benzene rings is 1. The van der Waals surface area contributed by atoms with Gasteiger partial charge >= 0.3 is 0 Å². The summed E-state index contributed by atoms with van der Waals surface area (Å²) in [6, 6.07) is 5.00. The molecular weight excluding hydrogens is 272 g/mol. The van der Waals surface area contributed by atoms with Crippen LogP contribution in [-0.2, 0) is 4.79 Å². The van der Waals surface area contributed by atoms with E-state index in [0.717, 1.165) is 18.4 Å². The maximum atomic E-state index is 11.2. The maximum absolute atomic E-state index is 11.2. The van der Waals surface area contributed by atoms with Crippen LogP contribution < -0.4 is 5.43 Å². The molecule has 0 aliphatic heterocycles. The van der Waals surface area contributed by atoms with Gasteiger partial charge in [-0.15, -0.1) is 0 Å². The summed E-state index contributed by atoms with van der Waals surface area (Å²) in [7, 11) is 0. The average Bonchev–Trinajstić information content (AvgIpc) is 3.07. The third-order valence-electron chi connectivity index (χ3n) is 2.31. The summed E-state index contributed by atoms with van der Waals surface area (Å²) in [6.45, 7) is 0. The van der Waals surface area contributed by atoms with Crippen LogP contribution in [0, 0.1) is 5.92 Å². The highest BCUT2D eigenvalue weighted by atomic mass is 79.9. The average molecular weight is 283 g/mol. The lowest BCUT2D eigenvalue weighted by molar-refractivity contribution is -0.122. The zero-order valence-electron chi connectivity index (χ0n) is 8.48. The monoisotopic (exact) mass is 282 g/mol. The molecule has 0 saturated heterocycles. The number of nitrogens with one attached hydrogen (secondary N) is 1. The molecule has 1 aromatic carbocycles. The van der Waals surface area contributed by atoms with Crippen molar-refractivity contribution in [2.24, 2.45) is 11.0 Å². The molecule has 1 fully saturated rings. The van der Waals surface area contributed by atoms with E-state index in [4.69, 9.17) is 0 Å². The van der Waals surface area contributed by atoms with Gasteiger partial charge in [-0.2, -0.15) is 5.10 Å². The van der Waals surface area contributed by atoms with Crippen LogP contribution in [0.2, 0.25) is 0 Å². The van der Waals surface area contributed by atoms with Crippen molar-refractivity contribution in [1.29, 1.82) is 0 Å². The van der Waals surface area contributed by atoms with Gasteiger partial charge in [0.1, 0.15) is 5.75 Å². The largest absolute Gasteiger partial charge is 0.507 e. The normalized spacial score (nSPS) is 15.3. The first-order valence-corrected chi connectivity index (χ1v) is 5.77. The van der Waals surface area contributed by atoms with E-state index in [-0.39, 0.29) is 17.6 Å². The van der Waals surface area contributed by atoms with Gasteiger partial charge in [-0.1, -0.05) is 0 Å². The topological polar surface area (TPSA) is 61.7 Å². The first-order valence-electron chi connectivity index (χ1n) is 4.98. The van der Waals surface area contributed by atoms with Crippen LogP contribution in [0.4, 0.5) is 0 Å². The van der Waals surface area contributed by atoms with Crippen molar-refractivity contribution in [2.75, 3.05) is 0 Å². The Labute approximate surface area is 101 Å². The van der Waals surface area contributed by atoms with Crippen LogP contribution in [0.3, 0.4) is 0 Å². The predicted molar refractivity (Wildman–Crippen MR) is 64.3 cm³/mol. The molecule has 84 valence electrons. The van der Waals surface area contributed by atoms with Gasteiger partial charge in [-0.25, -0.2) is 5.43 Å². The quantitative estimate of drug-likeness (QED) is 0.658. The molecule has 2 rings (SSSR count). The van der Waals surface area contributed by atoms with Crippen molar-refractivity contribution >= 4 is 28.1 Å². The third-order valence-corrected chi connectivity index (χ3v) is 2.94. The zero-order valence-corrected chi connectivity index (χ0v) is 10.1. The predicted octanol–water partition coefficient (Wildman–Crippen LogP) is 2.01. The van der Waals surface area contributed by atoms with Crippen LogP contribution in [-0.4, -0.2) is 17.2 Å². The Bertz CT molecular complexity index is 442. The molecule has 5 heteroatoms. The molecule has 0 bridgehead atoms. The number of rotatable bonds is 3. The van der Waals surface area contributed by atoms with E-state index in [9.17, 15) is 9.90 Å². The number of hydrazone groups is 1. The lowest BCUT2D eigenvalue weighted by atomic mass is 10.2. The fourth-order valence-corrected chi connectivity index (χ4v) is 1.61. The smallest absolute Gasteiger partial charge is 0.243 e. The SMILES string of the molecule is O=C(N/N=C\c1ccc(O)c(Br)c1)C1CC1. The number of hydrogen-bond donors (Lipinski definition) is 2. The first kappa shape index (κ1) is 11.1. The molecule has 1 amide bonds. The molecule has 0 atom stereocenters. The van der Waals surface area contributed by atoms with E-state index >= 15 is 0 Å². The molecule has 16 heavy (non-hydrogen) atoms. The molecule has 1 aliphatic rings. The molecule has 0 radical (unpaired) electrons. The number of phenolic OH excluding ortho intramolecular Hbond substituents is 1. The van der Waals surface area contributed by atoms with Gasteiger partial charge in [0.25, 0.3) is 0 Å². The Hall–Kier alpha value is -1.36. The van der Waals surface area contributed by atoms with Gasteiger partial charge in [0.05, 0.1) is 10.7 Å². The highest BCUT2D eigenvalue weighted by Crippen LogP contribution is 2.28. The van der Waals surface area contributed by atoms with Crippen molar-refractivity contribution in [2.45, 2.75) is 12.8 Å². The van der Waals surface area contributed by atoms with Crippen molar-refractivity contribution in [1.82, 2.24) is 5.43 Å². The molecular formula is C11H11BrN2O2. The van der Waals surface area contributed by atoms with Crippen LogP contribution in [0.5, 0.6) is 5.75 Å². The van der Waals surface area contributed by atoms with E-state index in [1.165, 1.54) is 0 Å². The second-order valence-corrected chi connectivity index (χ2v) is 4.57. The molecule has 0 aromatic heterocycles. The lowest BCUT2D eigenvalue weighted by Crippen LogP contribution is -2.18. The van der Waals surface area contributed by atoms with Gasteiger partial charge in [0.2, 0.25) is 5.91 Å². The van der Waals surface area contributed by atoms with Crippen molar-refractivity contribution in [3.63, 3.8) is 0 Å². The highest BCUT2D eigenvalue weighted by Gasteiger charge is 2.29. The molecule has 1 saturated carbocycles. The van der Waals surface area contributed by atoms with E-state index in [0.29, 0.717) is 4.47 Å². The summed E-state index contributed by atoms with van der Waals surface area (Å²) in [4.78, 5) is 11.2. The van der Waals surface area contributed by atoms with Gasteiger partial charge in [-0.05, 0) is 52.5 Å². The molecule has 0 unspecified atom stereocenters. The molecule has 4 nitrogen and oxygen atoms in total. The minimum absolute atomic E-state index is 0.0194. The number of carbonyl (C=O) groups excluding carboxylic acids is 1. The summed E-state index contributed by atoms with van der Waals surface area (Å²) >= 11 is 3.20. The van der Waals surface area contributed by atoms with E-state index < -0.39 is 0 Å². The summed E-state index contributed by atoms with van der Waals surface area (Å²) in [5, 5.41) is 13.1. The number of aromatic hydroxyl groups is 1. The van der Waals surface area contributed by atoms with E-state index in [1.54, 1.807) is 24.4 Å². The molecule has 0 spiro atoms. The van der Waals surface area contributed by atoms with Crippen molar-refractivity contribution < 1.29 is 9.90 Å². The summed E-state index contributed by atoms with van der Waals surface area (Å²) in [5.41, 5.74) is 3.29. The fourth-order valence-electron chi connectivity index (χ4n) is 1.21. The number of amides is 1. The number of phenols is 1. The first-order chi connectivity index (χ1) is 7.66. The van der Waals surface area contributed by atoms with Gasteiger partial charge in [-0.3, -0.25) is 4.79 Å². The van der Waals surface area contributed by atoms with Crippen LogP contribution in [0.25, 0.3) is 0 Å². The second kappa shape index (κ2) is 4.65. The standard InChI is InChI=1S/C11H11BrN2O2/c12-9-5-7(1-4-10(9)15)6-13-14-11(16)8-2-3-8/h1,4-6,8,15H,2-3H2,(H,14,16)/b13-6-. The maximum Gasteiger partial charge on any atom is 0.243 e. The summed E-state index contributed by atoms with van der Waals surface area (Å²) < 4.78 is 0.602. The number of halogens is 1. The summed E-state index contributed by atoms with van der Waals surface area (Å²) in [6.07, 6.45) is 3.47. The fraction of sp³-hybridized carbons (Fsp3) is 0.273. The Balaban J connectivity index is 1.94. The molecule has 1 aliphatic carbocycles. The van der Waals surface area contributed by atoms with Crippen LogP contribution in [0.15, 0.2) is 27.8 Å². The van der Waals surface area contributed by atoms with Crippen molar-refractivity contribution in [3.8, 4) is 5.75 Å². The van der Waals surface area contributed by atoms with Crippen molar-refractivity contribution in [3.05, 3.63) is 28.2 Å². The van der Waals surface area contributed by atoms with Crippen LogP contribution >= 0.6 is 15.9 Å². The van der Waals surface area contributed by atoms with Gasteiger partial charge < -0.3 is 5.11 Å². The minimum Gasteiger partial charge on any atom is -0.507 e. The van der Waals surface area contributed by atoms with E-state index in [1.807, 2.05) is 0 Å². The zero-order chi connectivity index (χ0) is 11.5. The van der Waals surface area contributed by atoms with E-state index in [2.05, 4.69) is 26.5 Å². The summed E-state index contributed by atoms with van der Waals surface area (Å²) in [5.74, 6) is 0.317. The number of hydrogen-bond acceptors (Lipinski definition) is 3. The van der Waals surface area contributed by atoms with Crippen LogP contribution in [0.1, 0.15) is 18.4 Å². The Morgan fingerprint density at radius 2 is 2.31 bits per heavy atom. The third kappa shape index (κ3) is 2.82. The molecule has 1 aromatic rings. The Morgan fingerprint density at radius 1 is 1.56 bits per heavy atom. The number of nitrogens with zero attached hydrogens (tertiary/aromatic N) is 1. The second-order valence-electron chi connectivity index (χ2n) is 3.72. The molecule has 0 heterocycles. The van der Waals surface area contributed by atoms with Gasteiger partial charge in [0, 0.05) is 5.92 Å². The molecule has 2 N–H and O–H groups in total. The lowest BCUT2D eigenvalue weighted by Gasteiger charge is -1.98. The van der Waals surface area contributed by atoms with Gasteiger partial charge in [0.15, 0.2) is 0 Å². The Kier molecular flexibility index (Phi) is 3.24. The highest BCUT2D eigenvalue weighted by molar-refractivity contribution is 9.10. The number of carbonyl (C=O) groups is 1. The minimum atomic E-state index is -0.0194.